The number of anilines is 2. The Hall–Kier alpha value is -3.97. The minimum Gasteiger partial charge on any atom is -0.379 e. The second kappa shape index (κ2) is 13.1. The number of pyridine rings is 1. The first-order chi connectivity index (χ1) is 20.2. The minimum atomic E-state index is -0.300. The van der Waals surface area contributed by atoms with Crippen LogP contribution in [-0.4, -0.2) is 83.5 Å². The lowest BCUT2D eigenvalue weighted by molar-refractivity contribution is 0.0346. The Bertz CT molecular complexity index is 1440. The van der Waals surface area contributed by atoms with Gasteiger partial charge in [-0.1, -0.05) is 6.07 Å². The number of benzene rings is 1. The molecular formula is C29H32N8O3S. The van der Waals surface area contributed by atoms with Crippen LogP contribution in [0.1, 0.15) is 10.6 Å². The van der Waals surface area contributed by atoms with E-state index in [1.165, 1.54) is 4.88 Å². The van der Waals surface area contributed by atoms with Crippen molar-refractivity contribution in [1.82, 2.24) is 30.2 Å². The summed E-state index contributed by atoms with van der Waals surface area (Å²) in [5.74, 6) is 1.89. The van der Waals surface area contributed by atoms with Crippen LogP contribution in [0.3, 0.4) is 0 Å². The monoisotopic (exact) mass is 572 g/mol. The molecule has 0 radical (unpaired) electrons. The largest absolute Gasteiger partial charge is 0.379 e. The summed E-state index contributed by atoms with van der Waals surface area (Å²) in [6.07, 6.45) is 1.70. The molecule has 0 spiro atoms. The zero-order valence-electron chi connectivity index (χ0n) is 22.7. The van der Waals surface area contributed by atoms with Gasteiger partial charge in [-0.2, -0.15) is 9.97 Å². The highest BCUT2D eigenvalue weighted by Crippen LogP contribution is 2.30. The molecule has 2 N–H and O–H groups in total. The van der Waals surface area contributed by atoms with E-state index in [1.807, 2.05) is 42.5 Å². The Labute approximate surface area is 242 Å². The SMILES string of the molecule is O=C(NCc1ccccn1)Nc1ccc(-c2nc(-c3ccc(CN4CCOCC4)s3)nc(N3CCOCC3)n2)cc1. The highest BCUT2D eigenvalue weighted by molar-refractivity contribution is 7.15. The molecule has 2 amide bonds. The predicted octanol–water partition coefficient (Wildman–Crippen LogP) is 3.65. The lowest BCUT2D eigenvalue weighted by atomic mass is 10.2. The lowest BCUT2D eigenvalue weighted by Gasteiger charge is -2.27. The molecule has 4 aromatic rings. The van der Waals surface area contributed by atoms with Crippen molar-refractivity contribution in [3.63, 3.8) is 0 Å². The fraction of sp³-hybridized carbons (Fsp3) is 0.345. The fourth-order valence-corrected chi connectivity index (χ4v) is 5.61. The van der Waals surface area contributed by atoms with Gasteiger partial charge in [0, 0.05) is 55.0 Å². The standard InChI is InChI=1S/C29H32N8O3S/c38-29(31-19-23-3-1-2-10-30-23)32-22-6-4-21(5-7-22)26-33-27(35-28(34-26)37-13-17-40-18-14-37)25-9-8-24(41-25)20-36-11-15-39-16-12-36/h1-10H,11-20H2,(H2,31,32,38). The third kappa shape index (κ3) is 7.22. The maximum atomic E-state index is 12.4. The van der Waals surface area contributed by atoms with Crippen LogP contribution in [0.15, 0.2) is 60.8 Å². The highest BCUT2D eigenvalue weighted by atomic mass is 32.1. The summed E-state index contributed by atoms with van der Waals surface area (Å²) in [7, 11) is 0. The van der Waals surface area contributed by atoms with E-state index in [4.69, 9.17) is 24.4 Å². The van der Waals surface area contributed by atoms with E-state index in [9.17, 15) is 4.79 Å². The summed E-state index contributed by atoms with van der Waals surface area (Å²) in [6.45, 7) is 7.43. The molecule has 0 bridgehead atoms. The summed E-state index contributed by atoms with van der Waals surface area (Å²) in [6, 6.07) is 17.1. The normalized spacial score (nSPS) is 16.0. The Morgan fingerprint density at radius 3 is 2.37 bits per heavy atom. The zero-order valence-corrected chi connectivity index (χ0v) is 23.5. The number of aromatic nitrogens is 4. The van der Waals surface area contributed by atoms with Crippen LogP contribution >= 0.6 is 11.3 Å². The molecule has 1 aromatic carbocycles. The molecule has 2 aliphatic heterocycles. The van der Waals surface area contributed by atoms with Crippen molar-refractivity contribution in [1.29, 1.82) is 0 Å². The number of nitrogens with zero attached hydrogens (tertiary/aromatic N) is 6. The molecule has 2 fully saturated rings. The molecule has 0 aliphatic carbocycles. The average Bonchev–Trinajstić information content (AvgIpc) is 3.50. The van der Waals surface area contributed by atoms with E-state index in [-0.39, 0.29) is 6.03 Å². The van der Waals surface area contributed by atoms with Gasteiger partial charge in [-0.3, -0.25) is 9.88 Å². The average molecular weight is 573 g/mol. The number of urea groups is 1. The Balaban J connectivity index is 1.19. The highest BCUT2D eigenvalue weighted by Gasteiger charge is 2.19. The minimum absolute atomic E-state index is 0.300. The van der Waals surface area contributed by atoms with Crippen molar-refractivity contribution in [2.24, 2.45) is 0 Å². The molecule has 5 heterocycles. The number of rotatable bonds is 8. The third-order valence-electron chi connectivity index (χ3n) is 6.84. The van der Waals surface area contributed by atoms with Crippen LogP contribution in [0.2, 0.25) is 0 Å². The summed E-state index contributed by atoms with van der Waals surface area (Å²) < 4.78 is 11.0. The van der Waals surface area contributed by atoms with Crippen LogP contribution in [-0.2, 0) is 22.6 Å². The van der Waals surface area contributed by atoms with Gasteiger partial charge in [0.1, 0.15) is 0 Å². The number of amides is 2. The molecular weight excluding hydrogens is 540 g/mol. The summed E-state index contributed by atoms with van der Waals surface area (Å²) >= 11 is 1.71. The van der Waals surface area contributed by atoms with Crippen LogP contribution in [0.5, 0.6) is 0 Å². The maximum Gasteiger partial charge on any atom is 0.319 e. The number of hydrogen-bond donors (Lipinski definition) is 2. The molecule has 6 rings (SSSR count). The van der Waals surface area contributed by atoms with E-state index in [0.29, 0.717) is 43.0 Å². The molecule has 0 saturated carbocycles. The maximum absolute atomic E-state index is 12.4. The van der Waals surface area contributed by atoms with E-state index < -0.39 is 0 Å². The van der Waals surface area contributed by atoms with Gasteiger partial charge in [0.15, 0.2) is 11.6 Å². The molecule has 3 aromatic heterocycles. The number of thiophene rings is 1. The first-order valence-electron chi connectivity index (χ1n) is 13.7. The second-order valence-corrected chi connectivity index (χ2v) is 10.9. The van der Waals surface area contributed by atoms with Gasteiger partial charge in [-0.05, 0) is 48.5 Å². The quantitative estimate of drug-likeness (QED) is 0.326. The number of nitrogens with one attached hydrogen (secondary N) is 2. The predicted molar refractivity (Wildman–Crippen MR) is 158 cm³/mol. The number of carbonyl (C=O) groups is 1. The molecule has 212 valence electrons. The lowest BCUT2D eigenvalue weighted by Crippen LogP contribution is -2.37. The van der Waals surface area contributed by atoms with E-state index >= 15 is 0 Å². The van der Waals surface area contributed by atoms with Crippen molar-refractivity contribution in [3.05, 3.63) is 71.4 Å². The molecule has 0 unspecified atom stereocenters. The van der Waals surface area contributed by atoms with E-state index in [2.05, 4.69) is 37.6 Å². The van der Waals surface area contributed by atoms with Gasteiger partial charge in [0.2, 0.25) is 5.95 Å². The van der Waals surface area contributed by atoms with Crippen molar-refractivity contribution < 1.29 is 14.3 Å². The van der Waals surface area contributed by atoms with Gasteiger partial charge < -0.3 is 25.0 Å². The smallest absolute Gasteiger partial charge is 0.319 e. The van der Waals surface area contributed by atoms with Gasteiger partial charge in [-0.25, -0.2) is 9.78 Å². The molecule has 11 nitrogen and oxygen atoms in total. The number of morpholine rings is 2. The van der Waals surface area contributed by atoms with Gasteiger partial charge in [-0.15, -0.1) is 11.3 Å². The van der Waals surface area contributed by atoms with Crippen LogP contribution in [0, 0.1) is 0 Å². The van der Waals surface area contributed by atoms with Gasteiger partial charge in [0.05, 0.1) is 43.5 Å². The van der Waals surface area contributed by atoms with E-state index in [0.717, 1.165) is 62.1 Å². The molecule has 0 atom stereocenters. The summed E-state index contributed by atoms with van der Waals surface area (Å²) in [5, 5.41) is 5.69. The molecule has 41 heavy (non-hydrogen) atoms. The molecule has 12 heteroatoms. The van der Waals surface area contributed by atoms with Gasteiger partial charge in [0.25, 0.3) is 0 Å². The molecule has 2 aliphatic rings. The first-order valence-corrected chi connectivity index (χ1v) is 14.5. The van der Waals surface area contributed by atoms with E-state index in [1.54, 1.807) is 17.5 Å². The zero-order chi connectivity index (χ0) is 27.9. The summed E-state index contributed by atoms with van der Waals surface area (Å²) in [5.41, 5.74) is 2.30. The third-order valence-corrected chi connectivity index (χ3v) is 7.91. The fourth-order valence-electron chi connectivity index (χ4n) is 4.62. The Morgan fingerprint density at radius 1 is 0.854 bits per heavy atom. The van der Waals surface area contributed by atoms with Gasteiger partial charge >= 0.3 is 6.03 Å². The Kier molecular flexibility index (Phi) is 8.71. The Morgan fingerprint density at radius 2 is 1.61 bits per heavy atom. The molecule has 2 saturated heterocycles. The number of hydrogen-bond acceptors (Lipinski definition) is 10. The van der Waals surface area contributed by atoms with Crippen LogP contribution < -0.4 is 15.5 Å². The topological polar surface area (TPSA) is 118 Å². The first kappa shape index (κ1) is 27.2. The number of carbonyl (C=O) groups excluding carboxylic acids is 1. The van der Waals surface area contributed by atoms with Crippen LogP contribution in [0.4, 0.5) is 16.4 Å². The van der Waals surface area contributed by atoms with Crippen molar-refractivity contribution in [2.45, 2.75) is 13.1 Å². The number of ether oxygens (including phenoxy) is 2. The van der Waals surface area contributed by atoms with Crippen LogP contribution in [0.25, 0.3) is 22.1 Å². The van der Waals surface area contributed by atoms with Crippen molar-refractivity contribution in [3.8, 4) is 22.1 Å². The second-order valence-electron chi connectivity index (χ2n) is 9.74. The van der Waals surface area contributed by atoms with Crippen molar-refractivity contribution in [2.75, 3.05) is 62.8 Å². The van der Waals surface area contributed by atoms with Crippen molar-refractivity contribution >= 4 is 29.0 Å². The summed E-state index contributed by atoms with van der Waals surface area (Å²) in [4.78, 5) is 38.0.